The van der Waals surface area contributed by atoms with Gasteiger partial charge in [-0.05, 0) is 32.4 Å². The lowest BCUT2D eigenvalue weighted by Gasteiger charge is -2.21. The van der Waals surface area contributed by atoms with Crippen molar-refractivity contribution in [2.75, 3.05) is 13.7 Å². The minimum atomic E-state index is -0.704. The molecule has 192 valence electrons. The largest absolute Gasteiger partial charge is 0.503 e. The number of aromatic nitrogens is 1. The Labute approximate surface area is 212 Å². The van der Waals surface area contributed by atoms with Gasteiger partial charge in [-0.3, -0.25) is 9.59 Å². The second-order valence-electron chi connectivity index (χ2n) is 8.05. The molecular formula is C28H34N2O6. The van der Waals surface area contributed by atoms with Gasteiger partial charge in [0.05, 0.1) is 7.11 Å². The molecule has 0 radical (unpaired) electrons. The van der Waals surface area contributed by atoms with Crippen molar-refractivity contribution in [3.63, 3.8) is 0 Å². The van der Waals surface area contributed by atoms with E-state index in [9.17, 15) is 14.7 Å². The van der Waals surface area contributed by atoms with Crippen LogP contribution in [0, 0.1) is 6.92 Å². The summed E-state index contributed by atoms with van der Waals surface area (Å²) >= 11 is 0. The van der Waals surface area contributed by atoms with Crippen LogP contribution >= 0.6 is 0 Å². The number of hydrogen-bond acceptors (Lipinski definition) is 7. The number of nitrogens with one attached hydrogen (secondary N) is 1. The summed E-state index contributed by atoms with van der Waals surface area (Å²) < 4.78 is 16.2. The summed E-state index contributed by atoms with van der Waals surface area (Å²) in [5.74, 6) is -0.813. The maximum Gasteiger partial charge on any atom is 0.325 e. The highest BCUT2D eigenvalue weighted by atomic mass is 16.5. The number of ether oxygens (including phenoxy) is 3. The Hall–Kier alpha value is -4.07. The number of esters is 1. The fraction of sp³-hybridized carbons (Fsp3) is 0.321. The van der Waals surface area contributed by atoms with Crippen molar-refractivity contribution in [3.05, 3.63) is 84.2 Å². The minimum absolute atomic E-state index is 0.104. The van der Waals surface area contributed by atoms with E-state index in [0.717, 1.165) is 12.2 Å². The molecule has 3 rings (SSSR count). The van der Waals surface area contributed by atoms with Gasteiger partial charge in [0.2, 0.25) is 0 Å². The van der Waals surface area contributed by atoms with E-state index in [1.165, 1.54) is 24.9 Å². The predicted molar refractivity (Wildman–Crippen MR) is 137 cm³/mol. The zero-order chi connectivity index (χ0) is 26.3. The van der Waals surface area contributed by atoms with E-state index in [0.29, 0.717) is 6.42 Å². The second-order valence-corrected chi connectivity index (χ2v) is 8.05. The maximum absolute atomic E-state index is 12.1. The lowest BCUT2D eigenvalue weighted by Crippen LogP contribution is -2.33. The number of carbonyl (C=O) groups excluding carboxylic acids is 2. The normalized spacial score (nSPS) is 11.8. The first kappa shape index (κ1) is 28.2. The quantitative estimate of drug-likeness (QED) is 0.394. The number of para-hydroxylation sites is 1. The Bertz CT molecular complexity index is 1080. The first-order valence-electron chi connectivity index (χ1n) is 11.8. The highest BCUT2D eigenvalue weighted by molar-refractivity contribution is 5.97. The van der Waals surface area contributed by atoms with E-state index in [1.807, 2.05) is 55.5 Å². The van der Waals surface area contributed by atoms with Crippen molar-refractivity contribution in [1.29, 1.82) is 0 Å². The van der Waals surface area contributed by atoms with Gasteiger partial charge >= 0.3 is 5.97 Å². The molecule has 1 aromatic heterocycles. The number of pyridine rings is 1. The number of nitrogens with zero attached hydrogens (tertiary/aromatic N) is 1. The highest BCUT2D eigenvalue weighted by Crippen LogP contribution is 2.27. The third-order valence-electron chi connectivity index (χ3n) is 5.08. The Morgan fingerprint density at radius 2 is 1.67 bits per heavy atom. The van der Waals surface area contributed by atoms with Gasteiger partial charge in [-0.1, -0.05) is 61.0 Å². The van der Waals surface area contributed by atoms with Gasteiger partial charge in [0.1, 0.15) is 24.5 Å². The Morgan fingerprint density at radius 3 is 2.22 bits per heavy atom. The Kier molecular flexibility index (Phi) is 11.8. The van der Waals surface area contributed by atoms with Crippen molar-refractivity contribution < 1.29 is 28.9 Å². The number of aryl methyl sites for hydroxylation is 1. The molecule has 0 bridgehead atoms. The average molecular weight is 495 g/mol. The number of rotatable bonds is 10. The van der Waals surface area contributed by atoms with Crippen LogP contribution in [-0.2, 0) is 9.53 Å². The molecule has 3 aromatic rings. The highest BCUT2D eigenvalue weighted by Gasteiger charge is 2.20. The molecule has 8 nitrogen and oxygen atoms in total. The van der Waals surface area contributed by atoms with Gasteiger partial charge in [0, 0.05) is 18.7 Å². The van der Waals surface area contributed by atoms with Crippen molar-refractivity contribution >= 4 is 11.9 Å². The van der Waals surface area contributed by atoms with E-state index >= 15 is 0 Å². The first-order chi connectivity index (χ1) is 17.3. The lowest BCUT2D eigenvalue weighted by molar-refractivity contribution is -0.148. The molecule has 0 fully saturated rings. The molecule has 36 heavy (non-hydrogen) atoms. The first-order valence-corrected chi connectivity index (χ1v) is 11.8. The average Bonchev–Trinajstić information content (AvgIpc) is 2.88. The van der Waals surface area contributed by atoms with Gasteiger partial charge < -0.3 is 24.6 Å². The van der Waals surface area contributed by atoms with E-state index in [2.05, 4.69) is 29.4 Å². The van der Waals surface area contributed by atoms with Gasteiger partial charge in [-0.25, -0.2) is 4.98 Å². The van der Waals surface area contributed by atoms with Gasteiger partial charge in [0.15, 0.2) is 17.2 Å². The van der Waals surface area contributed by atoms with Gasteiger partial charge in [0.25, 0.3) is 5.91 Å². The van der Waals surface area contributed by atoms with Gasteiger partial charge in [-0.15, -0.1) is 0 Å². The van der Waals surface area contributed by atoms with Crippen LogP contribution in [0.1, 0.15) is 42.7 Å². The maximum atomic E-state index is 12.1. The van der Waals surface area contributed by atoms with Crippen LogP contribution < -0.4 is 14.8 Å². The standard InChI is InChI=1S/C21H26N2O6.C7H8/c1-4-15(29-16-8-6-5-7-9-16)12-14(2)28-18(24)13-23-21(26)19-20(25)17(27-3)10-11-22-19;1-7-5-3-2-4-6-7/h5-11,14-15,25H,4,12-13H2,1-3H3,(H,23,26);2-6H,1H3. The van der Waals surface area contributed by atoms with Crippen LogP contribution in [0.15, 0.2) is 72.9 Å². The molecule has 2 aromatic carbocycles. The van der Waals surface area contributed by atoms with Crippen molar-refractivity contribution in [1.82, 2.24) is 10.3 Å². The van der Waals surface area contributed by atoms with E-state index < -0.39 is 23.7 Å². The second kappa shape index (κ2) is 15.0. The summed E-state index contributed by atoms with van der Waals surface area (Å²) in [6.45, 7) is 5.50. The zero-order valence-electron chi connectivity index (χ0n) is 21.1. The molecule has 0 aliphatic heterocycles. The summed E-state index contributed by atoms with van der Waals surface area (Å²) in [4.78, 5) is 28.0. The minimum Gasteiger partial charge on any atom is -0.503 e. The monoisotopic (exact) mass is 494 g/mol. The molecule has 1 amide bonds. The molecule has 2 atom stereocenters. The van der Waals surface area contributed by atoms with Crippen LogP contribution in [0.3, 0.4) is 0 Å². The third-order valence-corrected chi connectivity index (χ3v) is 5.08. The summed E-state index contributed by atoms with van der Waals surface area (Å²) in [5, 5.41) is 12.3. The van der Waals surface area contributed by atoms with E-state index in [-0.39, 0.29) is 24.1 Å². The molecule has 1 heterocycles. The topological polar surface area (TPSA) is 107 Å². The molecule has 0 spiro atoms. The number of benzene rings is 2. The van der Waals surface area contributed by atoms with Crippen LogP contribution in [0.4, 0.5) is 0 Å². The molecule has 0 aliphatic carbocycles. The Balaban J connectivity index is 0.000000558. The summed E-state index contributed by atoms with van der Waals surface area (Å²) in [6, 6.07) is 21.1. The van der Waals surface area contributed by atoms with E-state index in [4.69, 9.17) is 14.2 Å². The van der Waals surface area contributed by atoms with Crippen LogP contribution in [0.5, 0.6) is 17.2 Å². The van der Waals surface area contributed by atoms with Crippen LogP contribution in [0.25, 0.3) is 0 Å². The molecule has 8 heteroatoms. The SMILES string of the molecule is CCC(CC(C)OC(=O)CNC(=O)c1nccc(OC)c1O)Oc1ccccc1.Cc1ccccc1. The third kappa shape index (κ3) is 9.66. The lowest BCUT2D eigenvalue weighted by atomic mass is 10.1. The number of carbonyl (C=O) groups is 2. The zero-order valence-corrected chi connectivity index (χ0v) is 21.1. The van der Waals surface area contributed by atoms with Crippen molar-refractivity contribution in [2.24, 2.45) is 0 Å². The van der Waals surface area contributed by atoms with E-state index in [1.54, 1.807) is 6.92 Å². The number of hydrogen-bond donors (Lipinski definition) is 2. The molecule has 0 saturated carbocycles. The molecular weight excluding hydrogens is 460 g/mol. The number of methoxy groups -OCH3 is 1. The molecule has 2 N–H and O–H groups in total. The number of aromatic hydroxyl groups is 1. The van der Waals surface area contributed by atoms with Crippen molar-refractivity contribution in [2.45, 2.75) is 45.8 Å². The number of amides is 1. The molecule has 2 unspecified atom stereocenters. The fourth-order valence-corrected chi connectivity index (χ4v) is 3.21. The van der Waals surface area contributed by atoms with Crippen molar-refractivity contribution in [3.8, 4) is 17.2 Å². The fourth-order valence-electron chi connectivity index (χ4n) is 3.21. The smallest absolute Gasteiger partial charge is 0.325 e. The molecule has 0 aliphatic rings. The summed E-state index contributed by atoms with van der Waals surface area (Å²) in [6.07, 6.45) is 2.10. The van der Waals surface area contributed by atoms with Crippen LogP contribution in [0.2, 0.25) is 0 Å². The summed E-state index contributed by atoms with van der Waals surface area (Å²) in [7, 11) is 1.36. The van der Waals surface area contributed by atoms with Crippen LogP contribution in [-0.4, -0.2) is 47.8 Å². The molecule has 0 saturated heterocycles. The summed E-state index contributed by atoms with van der Waals surface area (Å²) in [5.41, 5.74) is 1.09. The Morgan fingerprint density at radius 1 is 1.03 bits per heavy atom. The van der Waals surface area contributed by atoms with Gasteiger partial charge in [-0.2, -0.15) is 0 Å². The predicted octanol–water partition coefficient (Wildman–Crippen LogP) is 4.70.